The third-order valence-electron chi connectivity index (χ3n) is 5.94. The molecule has 0 saturated heterocycles. The second kappa shape index (κ2) is 12.3. The third kappa shape index (κ3) is 8.20. The van der Waals surface area contributed by atoms with Crippen molar-refractivity contribution >= 4 is 29.7 Å². The van der Waals surface area contributed by atoms with Crippen LogP contribution in [0.4, 0.5) is 10.5 Å². The Kier molecular flexibility index (Phi) is 9.90. The Balaban J connectivity index is 2.63. The highest BCUT2D eigenvalue weighted by Crippen LogP contribution is 2.32. The number of nitrogens with zero attached hydrogens (tertiary/aromatic N) is 1. The summed E-state index contributed by atoms with van der Waals surface area (Å²) in [5.41, 5.74) is 1.52. The fourth-order valence-electron chi connectivity index (χ4n) is 4.13. The molecular formula is C31H43N3O4. The van der Waals surface area contributed by atoms with Gasteiger partial charge in [0.05, 0.1) is 0 Å². The van der Waals surface area contributed by atoms with Gasteiger partial charge in [-0.1, -0.05) is 62.9 Å². The van der Waals surface area contributed by atoms with Gasteiger partial charge in [-0.2, -0.15) is 0 Å². The van der Waals surface area contributed by atoms with E-state index in [1.807, 2.05) is 90.1 Å². The maximum absolute atomic E-state index is 14.3. The minimum absolute atomic E-state index is 0.264. The smallest absolute Gasteiger partial charge is 0.408 e. The Morgan fingerprint density at radius 3 is 2.13 bits per heavy atom. The lowest BCUT2D eigenvalue weighted by molar-refractivity contribution is -0.147. The Morgan fingerprint density at radius 1 is 0.974 bits per heavy atom. The standard InChI is InChI=1S/C31H43N3O4/c1-11-22-16-14-17-23(19-22)26(27(35)32-24-18-13-12-15-21(24)4)34(30(5,6)7)28(36)25(20(2)3)33-29(37)38-31(8,9)10/h11-20,25-26H,1H2,2-10H3,(H,32,35)(H,33,37). The summed E-state index contributed by atoms with van der Waals surface area (Å²) >= 11 is 0. The molecule has 2 N–H and O–H groups in total. The number of nitrogens with one attached hydrogen (secondary N) is 2. The van der Waals surface area contributed by atoms with Crippen LogP contribution in [0.2, 0.25) is 0 Å². The number of carbonyl (C=O) groups is 3. The largest absolute Gasteiger partial charge is 0.444 e. The van der Waals surface area contributed by atoms with E-state index in [-0.39, 0.29) is 17.7 Å². The van der Waals surface area contributed by atoms with Crippen molar-refractivity contribution in [3.05, 3.63) is 71.8 Å². The molecule has 0 radical (unpaired) electrons. The predicted molar refractivity (Wildman–Crippen MR) is 154 cm³/mol. The lowest BCUT2D eigenvalue weighted by Crippen LogP contribution is -2.59. The molecule has 0 spiro atoms. The number of amides is 3. The van der Waals surface area contributed by atoms with Gasteiger partial charge in [-0.3, -0.25) is 9.59 Å². The van der Waals surface area contributed by atoms with Crippen LogP contribution >= 0.6 is 0 Å². The van der Waals surface area contributed by atoms with Crippen molar-refractivity contribution < 1.29 is 19.1 Å². The first-order valence-electron chi connectivity index (χ1n) is 13.0. The molecule has 0 aliphatic carbocycles. The number of ether oxygens (including phenoxy) is 1. The summed E-state index contributed by atoms with van der Waals surface area (Å²) in [6.07, 6.45) is 1.01. The van der Waals surface area contributed by atoms with E-state index >= 15 is 0 Å². The maximum Gasteiger partial charge on any atom is 0.408 e. The van der Waals surface area contributed by atoms with Crippen molar-refractivity contribution in [3.63, 3.8) is 0 Å². The average Bonchev–Trinajstić information content (AvgIpc) is 2.79. The third-order valence-corrected chi connectivity index (χ3v) is 5.94. The number of anilines is 1. The zero-order valence-corrected chi connectivity index (χ0v) is 24.2. The van der Waals surface area contributed by atoms with Crippen LogP contribution in [0.1, 0.15) is 78.1 Å². The topological polar surface area (TPSA) is 87.7 Å². The fourth-order valence-corrected chi connectivity index (χ4v) is 4.13. The minimum Gasteiger partial charge on any atom is -0.444 e. The van der Waals surface area contributed by atoms with E-state index in [4.69, 9.17) is 4.74 Å². The van der Waals surface area contributed by atoms with Gasteiger partial charge in [0.15, 0.2) is 0 Å². The van der Waals surface area contributed by atoms with Gasteiger partial charge >= 0.3 is 6.09 Å². The molecule has 2 atom stereocenters. The van der Waals surface area contributed by atoms with E-state index in [9.17, 15) is 14.4 Å². The van der Waals surface area contributed by atoms with Crippen molar-refractivity contribution in [3.8, 4) is 0 Å². The highest BCUT2D eigenvalue weighted by Gasteiger charge is 2.42. The number of carbonyl (C=O) groups excluding carboxylic acids is 3. The van der Waals surface area contributed by atoms with Gasteiger partial charge in [0, 0.05) is 11.2 Å². The summed E-state index contributed by atoms with van der Waals surface area (Å²) in [5.74, 6) is -1.00. The molecule has 0 saturated carbocycles. The van der Waals surface area contributed by atoms with Crippen LogP contribution in [-0.4, -0.2) is 40.0 Å². The summed E-state index contributed by atoms with van der Waals surface area (Å²) in [4.78, 5) is 42.6. The highest BCUT2D eigenvalue weighted by molar-refractivity contribution is 5.99. The number of hydrogen-bond donors (Lipinski definition) is 2. The van der Waals surface area contributed by atoms with Crippen molar-refractivity contribution in [1.82, 2.24) is 10.2 Å². The van der Waals surface area contributed by atoms with Gasteiger partial charge in [-0.05, 0) is 83.2 Å². The minimum atomic E-state index is -0.983. The highest BCUT2D eigenvalue weighted by atomic mass is 16.6. The van der Waals surface area contributed by atoms with Crippen molar-refractivity contribution in [2.75, 3.05) is 5.32 Å². The Bertz CT molecular complexity index is 1160. The number of hydrogen-bond acceptors (Lipinski definition) is 4. The van der Waals surface area contributed by atoms with Crippen LogP contribution in [0.3, 0.4) is 0 Å². The van der Waals surface area contributed by atoms with Crippen molar-refractivity contribution in [1.29, 1.82) is 0 Å². The number of para-hydroxylation sites is 1. The first kappa shape index (κ1) is 30.6. The molecule has 7 nitrogen and oxygen atoms in total. The van der Waals surface area contributed by atoms with Gasteiger partial charge in [0.2, 0.25) is 5.91 Å². The van der Waals surface area contributed by atoms with Gasteiger partial charge < -0.3 is 20.3 Å². The van der Waals surface area contributed by atoms with Crippen LogP contribution in [0, 0.1) is 12.8 Å². The maximum atomic E-state index is 14.3. The second-order valence-corrected chi connectivity index (χ2v) is 11.8. The average molecular weight is 522 g/mol. The summed E-state index contributed by atoms with van der Waals surface area (Å²) in [6.45, 7) is 20.4. The number of alkyl carbamates (subject to hydrolysis) is 1. The van der Waals surface area contributed by atoms with Crippen LogP contribution < -0.4 is 10.6 Å². The lowest BCUT2D eigenvalue weighted by atomic mass is 9.92. The molecule has 3 amide bonds. The van der Waals surface area contributed by atoms with Crippen LogP contribution in [0.25, 0.3) is 6.08 Å². The predicted octanol–water partition coefficient (Wildman–Crippen LogP) is 6.49. The van der Waals surface area contributed by atoms with Gasteiger partial charge in [-0.25, -0.2) is 4.79 Å². The molecule has 2 aromatic rings. The van der Waals surface area contributed by atoms with Gasteiger partial charge in [0.25, 0.3) is 5.91 Å². The first-order chi connectivity index (χ1) is 17.5. The molecule has 0 aliphatic heterocycles. The first-order valence-corrected chi connectivity index (χ1v) is 13.0. The van der Waals surface area contributed by atoms with E-state index in [1.54, 1.807) is 31.7 Å². The normalized spacial score (nSPS) is 13.3. The summed E-state index contributed by atoms with van der Waals surface area (Å²) < 4.78 is 5.44. The molecule has 2 unspecified atom stereocenters. The molecule has 0 aromatic heterocycles. The Labute approximate surface area is 227 Å². The van der Waals surface area contributed by atoms with Crippen LogP contribution in [0.5, 0.6) is 0 Å². The van der Waals surface area contributed by atoms with Crippen LogP contribution in [0.15, 0.2) is 55.1 Å². The molecule has 206 valence electrons. The molecule has 38 heavy (non-hydrogen) atoms. The van der Waals surface area contributed by atoms with E-state index in [0.29, 0.717) is 11.3 Å². The summed E-state index contributed by atoms with van der Waals surface area (Å²) in [5, 5.41) is 5.77. The number of benzene rings is 2. The van der Waals surface area contributed by atoms with E-state index in [0.717, 1.165) is 11.1 Å². The summed E-state index contributed by atoms with van der Waals surface area (Å²) in [6, 6.07) is 13.0. The molecule has 2 rings (SSSR count). The monoisotopic (exact) mass is 521 g/mol. The Hall–Kier alpha value is -3.61. The Morgan fingerprint density at radius 2 is 1.61 bits per heavy atom. The SMILES string of the molecule is C=Cc1cccc(C(C(=O)Nc2ccccc2C)N(C(=O)C(NC(=O)OC(C)(C)C)C(C)C)C(C)(C)C)c1. The number of rotatable bonds is 8. The van der Waals surface area contributed by atoms with Crippen molar-refractivity contribution in [2.24, 2.45) is 5.92 Å². The zero-order valence-electron chi connectivity index (χ0n) is 24.2. The van der Waals surface area contributed by atoms with E-state index < -0.39 is 29.3 Å². The lowest BCUT2D eigenvalue weighted by Gasteiger charge is -2.43. The fraction of sp³-hybridized carbons (Fsp3) is 0.452. The molecular weight excluding hydrogens is 478 g/mol. The molecule has 0 bridgehead atoms. The zero-order chi connectivity index (χ0) is 28.8. The molecule has 0 fully saturated rings. The molecule has 2 aromatic carbocycles. The van der Waals surface area contributed by atoms with Crippen LogP contribution in [-0.2, 0) is 14.3 Å². The van der Waals surface area contributed by atoms with Gasteiger partial charge in [0.1, 0.15) is 17.7 Å². The molecule has 0 heterocycles. The van der Waals surface area contributed by atoms with Crippen molar-refractivity contribution in [2.45, 2.75) is 85.5 Å². The quantitative estimate of drug-likeness (QED) is 0.415. The molecule has 7 heteroatoms. The van der Waals surface area contributed by atoms with E-state index in [2.05, 4.69) is 17.2 Å². The van der Waals surface area contributed by atoms with Gasteiger partial charge in [-0.15, -0.1) is 0 Å². The number of aryl methyl sites for hydroxylation is 1. The van der Waals surface area contributed by atoms with E-state index in [1.165, 1.54) is 0 Å². The second-order valence-electron chi connectivity index (χ2n) is 11.8. The molecule has 0 aliphatic rings. The summed E-state index contributed by atoms with van der Waals surface area (Å²) in [7, 11) is 0.